The van der Waals surface area contributed by atoms with Gasteiger partial charge in [-0.1, -0.05) is 0 Å². The zero-order valence-corrected chi connectivity index (χ0v) is 8.47. The lowest BCUT2D eigenvalue weighted by molar-refractivity contribution is -0.0237. The van der Waals surface area contributed by atoms with Gasteiger partial charge in [0.25, 0.3) is 0 Å². The molecule has 0 amide bonds. The summed E-state index contributed by atoms with van der Waals surface area (Å²) in [6.07, 6.45) is 2.62. The van der Waals surface area contributed by atoms with Crippen LogP contribution in [0.2, 0.25) is 0 Å². The minimum atomic E-state index is -0.526. The van der Waals surface area contributed by atoms with Crippen LogP contribution < -0.4 is 5.32 Å². The molecule has 2 unspecified atom stereocenters. The predicted octanol–water partition coefficient (Wildman–Crippen LogP) is 0.524. The van der Waals surface area contributed by atoms with Gasteiger partial charge in [0.2, 0.25) is 0 Å². The van der Waals surface area contributed by atoms with E-state index in [0.717, 1.165) is 5.56 Å². The molecule has 1 heterocycles. The van der Waals surface area contributed by atoms with E-state index in [2.05, 4.69) is 10.3 Å². The van der Waals surface area contributed by atoms with Crippen molar-refractivity contribution in [1.82, 2.24) is 10.3 Å². The topological polar surface area (TPSA) is 54.4 Å². The summed E-state index contributed by atoms with van der Waals surface area (Å²) < 4.78 is 5.06. The highest BCUT2D eigenvalue weighted by Gasteiger charge is 2.11. The van der Waals surface area contributed by atoms with Crippen LogP contribution >= 0.6 is 0 Å². The highest BCUT2D eigenvalue weighted by molar-refractivity contribution is 5.09. The second-order valence-corrected chi connectivity index (χ2v) is 3.13. The number of ether oxygens (including phenoxy) is 1. The van der Waals surface area contributed by atoms with Crippen molar-refractivity contribution in [2.45, 2.75) is 25.8 Å². The molecule has 1 aromatic rings. The molecule has 78 valence electrons. The number of aromatic nitrogens is 1. The van der Waals surface area contributed by atoms with E-state index in [-0.39, 0.29) is 6.23 Å². The van der Waals surface area contributed by atoms with Crippen LogP contribution in [0.1, 0.15) is 12.5 Å². The van der Waals surface area contributed by atoms with E-state index in [1.807, 2.05) is 12.1 Å². The van der Waals surface area contributed by atoms with Crippen molar-refractivity contribution in [1.29, 1.82) is 0 Å². The SMILES string of the molecule is COC(NCc1ccncc1)C(C)O. The third-order valence-corrected chi connectivity index (χ3v) is 1.95. The molecular weight excluding hydrogens is 180 g/mol. The van der Waals surface area contributed by atoms with Crippen LogP contribution in [-0.2, 0) is 11.3 Å². The van der Waals surface area contributed by atoms with Crippen molar-refractivity contribution in [3.63, 3.8) is 0 Å². The fraction of sp³-hybridized carbons (Fsp3) is 0.500. The van der Waals surface area contributed by atoms with Gasteiger partial charge in [0, 0.05) is 26.0 Å². The normalized spacial score (nSPS) is 15.1. The molecule has 1 aromatic heterocycles. The molecule has 0 saturated heterocycles. The van der Waals surface area contributed by atoms with Crippen LogP contribution in [0.15, 0.2) is 24.5 Å². The van der Waals surface area contributed by atoms with E-state index in [1.165, 1.54) is 0 Å². The summed E-state index contributed by atoms with van der Waals surface area (Å²) in [6.45, 7) is 2.35. The maximum atomic E-state index is 9.29. The second-order valence-electron chi connectivity index (χ2n) is 3.13. The quantitative estimate of drug-likeness (QED) is 0.674. The fourth-order valence-corrected chi connectivity index (χ4v) is 1.17. The molecule has 14 heavy (non-hydrogen) atoms. The monoisotopic (exact) mass is 196 g/mol. The zero-order chi connectivity index (χ0) is 10.4. The molecule has 2 atom stereocenters. The van der Waals surface area contributed by atoms with E-state index in [0.29, 0.717) is 6.54 Å². The Morgan fingerprint density at radius 2 is 2.14 bits per heavy atom. The lowest BCUT2D eigenvalue weighted by atomic mass is 10.2. The van der Waals surface area contributed by atoms with Gasteiger partial charge in [-0.15, -0.1) is 0 Å². The lowest BCUT2D eigenvalue weighted by Gasteiger charge is -2.19. The smallest absolute Gasteiger partial charge is 0.133 e. The first-order valence-corrected chi connectivity index (χ1v) is 4.57. The number of hydrogen-bond acceptors (Lipinski definition) is 4. The molecule has 0 aromatic carbocycles. The molecule has 0 aliphatic rings. The first-order chi connectivity index (χ1) is 6.74. The number of aliphatic hydroxyl groups excluding tert-OH is 1. The second kappa shape index (κ2) is 5.70. The Morgan fingerprint density at radius 1 is 1.50 bits per heavy atom. The summed E-state index contributed by atoms with van der Waals surface area (Å²) in [4.78, 5) is 3.92. The molecule has 0 aliphatic heterocycles. The number of methoxy groups -OCH3 is 1. The Kier molecular flexibility index (Phi) is 4.52. The molecule has 0 spiro atoms. The van der Waals surface area contributed by atoms with Crippen molar-refractivity contribution in [3.05, 3.63) is 30.1 Å². The van der Waals surface area contributed by atoms with Gasteiger partial charge in [-0.2, -0.15) is 0 Å². The van der Waals surface area contributed by atoms with Crippen LogP contribution in [-0.4, -0.2) is 29.5 Å². The fourth-order valence-electron chi connectivity index (χ4n) is 1.17. The molecule has 0 radical (unpaired) electrons. The highest BCUT2D eigenvalue weighted by Crippen LogP contribution is 1.99. The van der Waals surface area contributed by atoms with Crippen molar-refractivity contribution in [3.8, 4) is 0 Å². The van der Waals surface area contributed by atoms with E-state index >= 15 is 0 Å². The first kappa shape index (κ1) is 11.1. The molecule has 0 aliphatic carbocycles. The Balaban J connectivity index is 2.40. The highest BCUT2D eigenvalue weighted by atomic mass is 16.5. The van der Waals surface area contributed by atoms with E-state index in [9.17, 15) is 5.11 Å². The number of rotatable bonds is 5. The van der Waals surface area contributed by atoms with E-state index in [1.54, 1.807) is 26.4 Å². The van der Waals surface area contributed by atoms with Crippen LogP contribution in [0.3, 0.4) is 0 Å². The minimum Gasteiger partial charge on any atom is -0.389 e. The molecule has 2 N–H and O–H groups in total. The summed E-state index contributed by atoms with van der Waals surface area (Å²) in [5.41, 5.74) is 1.11. The van der Waals surface area contributed by atoms with Crippen molar-refractivity contribution < 1.29 is 9.84 Å². The van der Waals surface area contributed by atoms with Crippen molar-refractivity contribution in [2.24, 2.45) is 0 Å². The average Bonchev–Trinajstić information content (AvgIpc) is 2.20. The van der Waals surface area contributed by atoms with Gasteiger partial charge < -0.3 is 9.84 Å². The number of aliphatic hydroxyl groups is 1. The van der Waals surface area contributed by atoms with Crippen LogP contribution in [0, 0.1) is 0 Å². The Labute approximate surface area is 83.9 Å². The van der Waals surface area contributed by atoms with Gasteiger partial charge in [0.1, 0.15) is 6.23 Å². The van der Waals surface area contributed by atoms with Gasteiger partial charge in [0.15, 0.2) is 0 Å². The average molecular weight is 196 g/mol. The Hall–Kier alpha value is -0.970. The maximum Gasteiger partial charge on any atom is 0.133 e. The third-order valence-electron chi connectivity index (χ3n) is 1.95. The zero-order valence-electron chi connectivity index (χ0n) is 8.47. The number of hydrogen-bond donors (Lipinski definition) is 2. The lowest BCUT2D eigenvalue weighted by Crippen LogP contribution is -2.39. The number of nitrogens with zero attached hydrogens (tertiary/aromatic N) is 1. The molecule has 0 saturated carbocycles. The van der Waals surface area contributed by atoms with E-state index < -0.39 is 6.10 Å². The summed E-state index contributed by atoms with van der Waals surface area (Å²) in [7, 11) is 1.57. The summed E-state index contributed by atoms with van der Waals surface area (Å²) in [6, 6.07) is 3.84. The van der Waals surface area contributed by atoms with Crippen LogP contribution in [0.4, 0.5) is 0 Å². The van der Waals surface area contributed by atoms with E-state index in [4.69, 9.17) is 4.74 Å². The maximum absolute atomic E-state index is 9.29. The van der Waals surface area contributed by atoms with Gasteiger partial charge in [-0.3, -0.25) is 10.3 Å². The molecule has 4 nitrogen and oxygen atoms in total. The van der Waals surface area contributed by atoms with Gasteiger partial charge >= 0.3 is 0 Å². The summed E-state index contributed by atoms with van der Waals surface area (Å²) in [5, 5.41) is 12.4. The first-order valence-electron chi connectivity index (χ1n) is 4.57. The largest absolute Gasteiger partial charge is 0.389 e. The Bertz CT molecular complexity index is 252. The van der Waals surface area contributed by atoms with Crippen molar-refractivity contribution >= 4 is 0 Å². The molecule has 1 rings (SSSR count). The molecular formula is C10H16N2O2. The number of nitrogens with one attached hydrogen (secondary N) is 1. The van der Waals surface area contributed by atoms with Crippen LogP contribution in [0.25, 0.3) is 0 Å². The Morgan fingerprint density at radius 3 is 2.64 bits per heavy atom. The van der Waals surface area contributed by atoms with Crippen LogP contribution in [0.5, 0.6) is 0 Å². The number of pyridine rings is 1. The van der Waals surface area contributed by atoms with Gasteiger partial charge in [-0.25, -0.2) is 0 Å². The third kappa shape index (κ3) is 3.41. The molecule has 0 fully saturated rings. The van der Waals surface area contributed by atoms with Gasteiger partial charge in [0.05, 0.1) is 6.10 Å². The minimum absolute atomic E-state index is 0.330. The summed E-state index contributed by atoms with van der Waals surface area (Å²) >= 11 is 0. The molecule has 0 bridgehead atoms. The molecule has 4 heteroatoms. The standard InChI is InChI=1S/C10H16N2O2/c1-8(13)10(14-2)12-7-9-3-5-11-6-4-9/h3-6,8,10,12-13H,7H2,1-2H3. The van der Waals surface area contributed by atoms with Gasteiger partial charge in [-0.05, 0) is 24.6 Å². The van der Waals surface area contributed by atoms with Crippen molar-refractivity contribution in [2.75, 3.05) is 7.11 Å². The predicted molar refractivity (Wildman–Crippen MR) is 53.6 cm³/mol. The summed E-state index contributed by atoms with van der Waals surface area (Å²) in [5.74, 6) is 0.